The number of nitrogen functional groups attached to an aromatic ring is 1. The highest BCUT2D eigenvalue weighted by Gasteiger charge is 2.18. The summed E-state index contributed by atoms with van der Waals surface area (Å²) in [6, 6.07) is 0. The van der Waals surface area contributed by atoms with Gasteiger partial charge in [-0.05, 0) is 31.1 Å². The fraction of sp³-hybridized carbons (Fsp3) is 0.733. The summed E-state index contributed by atoms with van der Waals surface area (Å²) >= 11 is 0. The van der Waals surface area contributed by atoms with E-state index in [2.05, 4.69) is 29.1 Å². The summed E-state index contributed by atoms with van der Waals surface area (Å²) in [5.41, 5.74) is 6.91. The lowest BCUT2D eigenvalue weighted by Gasteiger charge is -2.26. The van der Waals surface area contributed by atoms with Crippen LogP contribution in [0.2, 0.25) is 0 Å². The van der Waals surface area contributed by atoms with Crippen molar-refractivity contribution in [3.63, 3.8) is 0 Å². The van der Waals surface area contributed by atoms with Crippen LogP contribution in [0.5, 0.6) is 0 Å². The van der Waals surface area contributed by atoms with Crippen molar-refractivity contribution in [1.29, 1.82) is 0 Å². The Bertz CT molecular complexity index is 405. The standard InChI is InChI=1S/C15H26N4/c1-3-13-14(16)18-10-19-15(13)17-8-7-12-6-4-5-11(2)9-12/h10-12H,3-9H2,1-2H3,(H3,16,17,18,19). The highest BCUT2D eigenvalue weighted by molar-refractivity contribution is 5.54. The maximum absolute atomic E-state index is 5.87. The molecule has 0 aliphatic heterocycles. The molecule has 1 aromatic rings. The first-order chi connectivity index (χ1) is 9.20. The van der Waals surface area contributed by atoms with Crippen LogP contribution in [-0.2, 0) is 6.42 Å². The molecule has 4 nitrogen and oxygen atoms in total. The second-order valence-corrected chi connectivity index (χ2v) is 5.79. The van der Waals surface area contributed by atoms with Gasteiger partial charge in [0.15, 0.2) is 0 Å². The molecule has 1 aliphatic carbocycles. The molecule has 2 rings (SSSR count). The number of aromatic nitrogens is 2. The van der Waals surface area contributed by atoms with E-state index in [4.69, 9.17) is 5.73 Å². The fourth-order valence-electron chi connectivity index (χ4n) is 3.14. The summed E-state index contributed by atoms with van der Waals surface area (Å²) in [4.78, 5) is 8.35. The molecule has 0 bridgehead atoms. The zero-order chi connectivity index (χ0) is 13.7. The molecule has 1 aromatic heterocycles. The van der Waals surface area contributed by atoms with Crippen molar-refractivity contribution in [2.24, 2.45) is 11.8 Å². The average Bonchev–Trinajstić information content (AvgIpc) is 2.39. The molecule has 1 heterocycles. The van der Waals surface area contributed by atoms with Crippen LogP contribution >= 0.6 is 0 Å². The van der Waals surface area contributed by atoms with Crippen molar-refractivity contribution >= 4 is 11.6 Å². The molecule has 1 aliphatic rings. The largest absolute Gasteiger partial charge is 0.383 e. The van der Waals surface area contributed by atoms with E-state index in [1.54, 1.807) is 6.33 Å². The lowest BCUT2D eigenvalue weighted by molar-refractivity contribution is 0.274. The van der Waals surface area contributed by atoms with E-state index >= 15 is 0 Å². The van der Waals surface area contributed by atoms with Gasteiger partial charge in [-0.3, -0.25) is 0 Å². The lowest BCUT2D eigenvalue weighted by Crippen LogP contribution is -2.17. The summed E-state index contributed by atoms with van der Waals surface area (Å²) < 4.78 is 0. The molecule has 3 N–H and O–H groups in total. The van der Waals surface area contributed by atoms with Crippen molar-refractivity contribution in [2.45, 2.75) is 52.4 Å². The smallest absolute Gasteiger partial charge is 0.134 e. The minimum Gasteiger partial charge on any atom is -0.383 e. The predicted octanol–water partition coefficient (Wildman–Crippen LogP) is 3.25. The number of anilines is 2. The Kier molecular flexibility index (Phi) is 5.00. The molecule has 4 heteroatoms. The van der Waals surface area contributed by atoms with E-state index < -0.39 is 0 Å². The van der Waals surface area contributed by atoms with Crippen LogP contribution in [-0.4, -0.2) is 16.5 Å². The summed E-state index contributed by atoms with van der Waals surface area (Å²) in [7, 11) is 0. The van der Waals surface area contributed by atoms with Gasteiger partial charge in [-0.2, -0.15) is 0 Å². The van der Waals surface area contributed by atoms with Crippen molar-refractivity contribution in [2.75, 3.05) is 17.6 Å². The highest BCUT2D eigenvalue weighted by atomic mass is 15.0. The molecule has 0 saturated heterocycles. The van der Waals surface area contributed by atoms with Gasteiger partial charge in [-0.15, -0.1) is 0 Å². The van der Waals surface area contributed by atoms with Crippen LogP contribution in [0, 0.1) is 11.8 Å². The first kappa shape index (κ1) is 14.1. The quantitative estimate of drug-likeness (QED) is 0.855. The monoisotopic (exact) mass is 262 g/mol. The maximum atomic E-state index is 5.87. The number of hydrogen-bond acceptors (Lipinski definition) is 4. The molecular formula is C15H26N4. The normalized spacial score (nSPS) is 23.3. The lowest BCUT2D eigenvalue weighted by atomic mass is 9.81. The third-order valence-electron chi connectivity index (χ3n) is 4.22. The number of nitrogens with one attached hydrogen (secondary N) is 1. The molecule has 0 amide bonds. The Labute approximate surface area is 116 Å². The second-order valence-electron chi connectivity index (χ2n) is 5.79. The zero-order valence-electron chi connectivity index (χ0n) is 12.2. The molecule has 2 unspecified atom stereocenters. The fourth-order valence-corrected chi connectivity index (χ4v) is 3.14. The molecule has 2 atom stereocenters. The zero-order valence-corrected chi connectivity index (χ0v) is 12.2. The molecule has 0 spiro atoms. The van der Waals surface area contributed by atoms with Crippen LogP contribution in [0.25, 0.3) is 0 Å². The first-order valence-corrected chi connectivity index (χ1v) is 7.54. The van der Waals surface area contributed by atoms with Crippen molar-refractivity contribution < 1.29 is 0 Å². The van der Waals surface area contributed by atoms with E-state index in [1.165, 1.54) is 32.1 Å². The van der Waals surface area contributed by atoms with Gasteiger partial charge in [0, 0.05) is 12.1 Å². The Morgan fingerprint density at radius 3 is 2.95 bits per heavy atom. The molecule has 1 fully saturated rings. The molecule has 0 aromatic carbocycles. The van der Waals surface area contributed by atoms with Crippen molar-refractivity contribution in [3.05, 3.63) is 11.9 Å². The van der Waals surface area contributed by atoms with E-state index in [-0.39, 0.29) is 0 Å². The SMILES string of the molecule is CCc1c(N)ncnc1NCCC1CCCC(C)C1. The van der Waals surface area contributed by atoms with Gasteiger partial charge in [0.25, 0.3) is 0 Å². The Morgan fingerprint density at radius 2 is 2.21 bits per heavy atom. The van der Waals surface area contributed by atoms with E-state index in [9.17, 15) is 0 Å². The number of nitrogens with two attached hydrogens (primary N) is 1. The molecule has 0 radical (unpaired) electrons. The van der Waals surface area contributed by atoms with Gasteiger partial charge in [-0.1, -0.05) is 33.1 Å². The van der Waals surface area contributed by atoms with Crippen molar-refractivity contribution in [3.8, 4) is 0 Å². The maximum Gasteiger partial charge on any atom is 0.134 e. The number of hydrogen-bond donors (Lipinski definition) is 2. The average molecular weight is 262 g/mol. The molecule has 1 saturated carbocycles. The van der Waals surface area contributed by atoms with Crippen LogP contribution in [0.4, 0.5) is 11.6 Å². The first-order valence-electron chi connectivity index (χ1n) is 7.54. The topological polar surface area (TPSA) is 63.8 Å². The summed E-state index contributed by atoms with van der Waals surface area (Å²) in [5.74, 6) is 3.30. The van der Waals surface area contributed by atoms with Gasteiger partial charge in [0.05, 0.1) is 0 Å². The number of rotatable bonds is 5. The van der Waals surface area contributed by atoms with Crippen LogP contribution < -0.4 is 11.1 Å². The van der Waals surface area contributed by atoms with Gasteiger partial charge >= 0.3 is 0 Å². The van der Waals surface area contributed by atoms with E-state index in [0.29, 0.717) is 5.82 Å². The molecule has 106 valence electrons. The van der Waals surface area contributed by atoms with Gasteiger partial charge < -0.3 is 11.1 Å². The van der Waals surface area contributed by atoms with Crippen molar-refractivity contribution in [1.82, 2.24) is 9.97 Å². The minimum absolute atomic E-state index is 0.603. The summed E-state index contributed by atoms with van der Waals surface area (Å²) in [6.07, 6.45) is 9.22. The van der Waals surface area contributed by atoms with Crippen LogP contribution in [0.1, 0.15) is 51.5 Å². The number of nitrogens with zero attached hydrogens (tertiary/aromatic N) is 2. The Balaban J connectivity index is 1.84. The van der Waals surface area contributed by atoms with E-state index in [0.717, 1.165) is 36.2 Å². The van der Waals surface area contributed by atoms with Gasteiger partial charge in [0.2, 0.25) is 0 Å². The summed E-state index contributed by atoms with van der Waals surface area (Å²) in [5, 5.41) is 3.44. The van der Waals surface area contributed by atoms with Gasteiger partial charge in [-0.25, -0.2) is 9.97 Å². The second kappa shape index (κ2) is 6.73. The highest BCUT2D eigenvalue weighted by Crippen LogP contribution is 2.30. The Hall–Kier alpha value is -1.32. The predicted molar refractivity (Wildman–Crippen MR) is 80.1 cm³/mol. The Morgan fingerprint density at radius 1 is 1.37 bits per heavy atom. The van der Waals surface area contributed by atoms with Crippen LogP contribution in [0.3, 0.4) is 0 Å². The van der Waals surface area contributed by atoms with Gasteiger partial charge in [0.1, 0.15) is 18.0 Å². The summed E-state index contributed by atoms with van der Waals surface area (Å²) in [6.45, 7) is 5.45. The minimum atomic E-state index is 0.603. The molecule has 19 heavy (non-hydrogen) atoms. The third kappa shape index (κ3) is 3.82. The molecular weight excluding hydrogens is 236 g/mol. The van der Waals surface area contributed by atoms with E-state index in [1.807, 2.05) is 0 Å². The van der Waals surface area contributed by atoms with Crippen LogP contribution in [0.15, 0.2) is 6.33 Å². The third-order valence-corrected chi connectivity index (χ3v) is 4.22.